The molecule has 1 atom stereocenters. The van der Waals surface area contributed by atoms with Crippen LogP contribution in [0, 0.1) is 6.92 Å². The lowest BCUT2D eigenvalue weighted by atomic mass is 10.1. The van der Waals surface area contributed by atoms with Crippen molar-refractivity contribution < 1.29 is 17.9 Å². The smallest absolute Gasteiger partial charge is 0.241 e. The van der Waals surface area contributed by atoms with Crippen molar-refractivity contribution in [2.45, 2.75) is 37.6 Å². The molecular formula is C20H24N2O4S. The number of sulfonamides is 1. The zero-order valence-electron chi connectivity index (χ0n) is 15.7. The number of nitrogens with zero attached hydrogens (tertiary/aromatic N) is 1. The van der Waals surface area contributed by atoms with Crippen LogP contribution in [0.1, 0.15) is 36.9 Å². The lowest BCUT2D eigenvalue weighted by molar-refractivity contribution is -0.117. The van der Waals surface area contributed by atoms with Crippen LogP contribution in [-0.2, 0) is 14.8 Å². The largest absolute Gasteiger partial charge is 0.496 e. The van der Waals surface area contributed by atoms with Crippen LogP contribution in [0.5, 0.6) is 5.75 Å². The second-order valence-electron chi connectivity index (χ2n) is 6.73. The number of hydrogen-bond donors (Lipinski definition) is 1. The van der Waals surface area contributed by atoms with Crippen molar-refractivity contribution in [1.82, 2.24) is 4.72 Å². The number of rotatable bonds is 6. The molecule has 6 nitrogen and oxygen atoms in total. The molecule has 1 saturated heterocycles. The summed E-state index contributed by atoms with van der Waals surface area (Å²) >= 11 is 0. The quantitative estimate of drug-likeness (QED) is 0.825. The molecule has 1 heterocycles. The lowest BCUT2D eigenvalue weighted by Crippen LogP contribution is -2.27. The Balaban J connectivity index is 1.80. The predicted molar refractivity (Wildman–Crippen MR) is 104 cm³/mol. The Morgan fingerprint density at radius 1 is 1.15 bits per heavy atom. The van der Waals surface area contributed by atoms with E-state index in [0.29, 0.717) is 18.7 Å². The summed E-state index contributed by atoms with van der Waals surface area (Å²) < 4.78 is 33.6. The molecule has 27 heavy (non-hydrogen) atoms. The number of benzene rings is 2. The van der Waals surface area contributed by atoms with E-state index >= 15 is 0 Å². The average Bonchev–Trinajstić information content (AvgIpc) is 3.07. The van der Waals surface area contributed by atoms with Gasteiger partial charge in [0.05, 0.1) is 12.0 Å². The molecule has 1 fully saturated rings. The summed E-state index contributed by atoms with van der Waals surface area (Å²) in [5, 5.41) is 0. The van der Waals surface area contributed by atoms with Gasteiger partial charge in [0.15, 0.2) is 0 Å². The van der Waals surface area contributed by atoms with E-state index in [0.717, 1.165) is 23.2 Å². The molecule has 0 spiro atoms. The number of hydrogen-bond acceptors (Lipinski definition) is 4. The van der Waals surface area contributed by atoms with Gasteiger partial charge in [-0.1, -0.05) is 17.7 Å². The number of anilines is 1. The van der Waals surface area contributed by atoms with E-state index in [-0.39, 0.29) is 10.8 Å². The highest BCUT2D eigenvalue weighted by Crippen LogP contribution is 2.28. The zero-order chi connectivity index (χ0) is 19.6. The molecule has 3 rings (SSSR count). The van der Waals surface area contributed by atoms with Crippen LogP contribution in [0.3, 0.4) is 0 Å². The van der Waals surface area contributed by atoms with Crippen molar-refractivity contribution in [2.75, 3.05) is 18.6 Å². The average molecular weight is 388 g/mol. The third kappa shape index (κ3) is 4.14. The van der Waals surface area contributed by atoms with Crippen LogP contribution >= 0.6 is 0 Å². The molecule has 1 unspecified atom stereocenters. The van der Waals surface area contributed by atoms with Gasteiger partial charge in [-0.15, -0.1) is 0 Å². The van der Waals surface area contributed by atoms with Crippen LogP contribution in [0.15, 0.2) is 47.4 Å². The van der Waals surface area contributed by atoms with Crippen LogP contribution in [0.25, 0.3) is 0 Å². The molecule has 0 bridgehead atoms. The van der Waals surface area contributed by atoms with E-state index in [1.54, 1.807) is 31.1 Å². The highest BCUT2D eigenvalue weighted by molar-refractivity contribution is 7.89. The molecule has 0 radical (unpaired) electrons. The van der Waals surface area contributed by atoms with Crippen molar-refractivity contribution >= 4 is 21.6 Å². The van der Waals surface area contributed by atoms with Gasteiger partial charge in [-0.3, -0.25) is 4.79 Å². The first kappa shape index (κ1) is 19.4. The van der Waals surface area contributed by atoms with Gasteiger partial charge in [0, 0.05) is 30.3 Å². The molecule has 1 N–H and O–H groups in total. The maximum Gasteiger partial charge on any atom is 0.241 e. The Labute approximate surface area is 160 Å². The molecule has 1 aliphatic heterocycles. The molecule has 1 aliphatic rings. The minimum Gasteiger partial charge on any atom is -0.496 e. The third-order valence-corrected chi connectivity index (χ3v) is 6.27. The number of methoxy groups -OCH3 is 1. The maximum absolute atomic E-state index is 12.8. The van der Waals surface area contributed by atoms with Gasteiger partial charge in [-0.05, 0) is 50.6 Å². The van der Waals surface area contributed by atoms with Gasteiger partial charge >= 0.3 is 0 Å². The summed E-state index contributed by atoms with van der Waals surface area (Å²) in [5.41, 5.74) is 2.53. The molecule has 0 aliphatic carbocycles. The van der Waals surface area contributed by atoms with Crippen molar-refractivity contribution in [3.63, 3.8) is 0 Å². The summed E-state index contributed by atoms with van der Waals surface area (Å²) in [4.78, 5) is 13.7. The second kappa shape index (κ2) is 7.70. The zero-order valence-corrected chi connectivity index (χ0v) is 16.5. The molecule has 1 amide bonds. The van der Waals surface area contributed by atoms with Gasteiger partial charge in [-0.25, -0.2) is 13.1 Å². The van der Waals surface area contributed by atoms with Crippen molar-refractivity contribution in [3.8, 4) is 5.75 Å². The monoisotopic (exact) mass is 388 g/mol. The summed E-state index contributed by atoms with van der Waals surface area (Å²) in [6.45, 7) is 4.40. The van der Waals surface area contributed by atoms with E-state index in [9.17, 15) is 13.2 Å². The van der Waals surface area contributed by atoms with Crippen LogP contribution in [-0.4, -0.2) is 28.0 Å². The molecule has 144 valence electrons. The van der Waals surface area contributed by atoms with Crippen molar-refractivity contribution in [3.05, 3.63) is 53.6 Å². The summed E-state index contributed by atoms with van der Waals surface area (Å²) in [7, 11) is -2.15. The van der Waals surface area contributed by atoms with Gasteiger partial charge in [-0.2, -0.15) is 0 Å². The molecule has 2 aromatic carbocycles. The number of amides is 1. The minimum absolute atomic E-state index is 0.0731. The Bertz CT molecular complexity index is 939. The van der Waals surface area contributed by atoms with Crippen LogP contribution < -0.4 is 14.4 Å². The van der Waals surface area contributed by atoms with E-state index in [1.807, 2.05) is 25.1 Å². The molecule has 0 aromatic heterocycles. The highest BCUT2D eigenvalue weighted by Gasteiger charge is 2.24. The van der Waals surface area contributed by atoms with Gasteiger partial charge in [0.2, 0.25) is 15.9 Å². The fourth-order valence-corrected chi connectivity index (χ4v) is 4.51. The number of nitrogens with one attached hydrogen (secondary N) is 1. The van der Waals surface area contributed by atoms with Crippen LogP contribution in [0.4, 0.5) is 5.69 Å². The molecule has 2 aromatic rings. The SMILES string of the molecule is COc1ccc(C)cc1C(C)NS(=O)(=O)c1ccc(N2CCCC2=O)cc1. The first-order chi connectivity index (χ1) is 12.8. The molecular weight excluding hydrogens is 364 g/mol. The highest BCUT2D eigenvalue weighted by atomic mass is 32.2. The van der Waals surface area contributed by atoms with E-state index in [1.165, 1.54) is 12.1 Å². The first-order valence-electron chi connectivity index (χ1n) is 8.89. The number of carbonyl (C=O) groups excluding carboxylic acids is 1. The van der Waals surface area contributed by atoms with Crippen LogP contribution in [0.2, 0.25) is 0 Å². The topological polar surface area (TPSA) is 75.7 Å². The normalized spacial score (nSPS) is 15.8. The Hall–Kier alpha value is -2.38. The van der Waals surface area contributed by atoms with Crippen molar-refractivity contribution in [1.29, 1.82) is 0 Å². The summed E-state index contributed by atoms with van der Waals surface area (Å²) in [5.74, 6) is 0.711. The van der Waals surface area contributed by atoms with E-state index in [4.69, 9.17) is 4.74 Å². The minimum atomic E-state index is -3.71. The number of aryl methyl sites for hydroxylation is 1. The van der Waals surface area contributed by atoms with Gasteiger partial charge in [0.25, 0.3) is 0 Å². The maximum atomic E-state index is 12.8. The fraction of sp³-hybridized carbons (Fsp3) is 0.350. The van der Waals surface area contributed by atoms with Gasteiger partial charge in [0.1, 0.15) is 5.75 Å². The fourth-order valence-electron chi connectivity index (χ4n) is 3.28. The Morgan fingerprint density at radius 2 is 1.85 bits per heavy atom. The predicted octanol–water partition coefficient (Wildman–Crippen LogP) is 3.17. The van der Waals surface area contributed by atoms with Crippen molar-refractivity contribution in [2.24, 2.45) is 0 Å². The third-order valence-electron chi connectivity index (χ3n) is 4.72. The second-order valence-corrected chi connectivity index (χ2v) is 8.45. The lowest BCUT2D eigenvalue weighted by Gasteiger charge is -2.19. The number of carbonyl (C=O) groups is 1. The van der Waals surface area contributed by atoms with Gasteiger partial charge < -0.3 is 9.64 Å². The Morgan fingerprint density at radius 3 is 2.44 bits per heavy atom. The molecule has 0 saturated carbocycles. The molecule has 7 heteroatoms. The summed E-state index contributed by atoms with van der Waals surface area (Å²) in [6, 6.07) is 11.6. The summed E-state index contributed by atoms with van der Waals surface area (Å²) in [6.07, 6.45) is 1.37. The first-order valence-corrected chi connectivity index (χ1v) is 10.4. The number of ether oxygens (including phenoxy) is 1. The van der Waals surface area contributed by atoms with E-state index in [2.05, 4.69) is 4.72 Å². The Kier molecular flexibility index (Phi) is 5.53. The van der Waals surface area contributed by atoms with E-state index < -0.39 is 16.1 Å². The standard InChI is InChI=1S/C20H24N2O4S/c1-14-6-11-19(26-3)18(13-14)15(2)21-27(24,25)17-9-7-16(8-10-17)22-12-4-5-20(22)23/h6-11,13,15,21H,4-5,12H2,1-3H3.